The lowest BCUT2D eigenvalue weighted by Crippen LogP contribution is -2.45. The molecule has 1 fully saturated rings. The van der Waals surface area contributed by atoms with Crippen LogP contribution in [0, 0.1) is 0 Å². The van der Waals surface area contributed by atoms with Gasteiger partial charge in [0.2, 0.25) is 10.0 Å². The molecule has 2 aliphatic rings. The van der Waals surface area contributed by atoms with Crippen LogP contribution in [0.15, 0.2) is 24.3 Å². The summed E-state index contributed by atoms with van der Waals surface area (Å²) in [6.07, 6.45) is 1.39. The predicted octanol–water partition coefficient (Wildman–Crippen LogP) is 1.53. The molecule has 3 rings (SSSR count). The normalized spacial score (nSPS) is 26.2. The topological polar surface area (TPSA) is 58.6 Å². The molecule has 0 saturated carbocycles. The summed E-state index contributed by atoms with van der Waals surface area (Å²) >= 11 is 0. The molecular weight excluding hydrogens is 300 g/mol. The molecule has 6 heteroatoms. The van der Waals surface area contributed by atoms with Crippen molar-refractivity contribution in [2.24, 2.45) is 0 Å². The third-order valence-corrected chi connectivity index (χ3v) is 6.73. The first-order chi connectivity index (χ1) is 10.5. The SMILES string of the molecule is C[C@@H]1OCC[C@H]1S(=O)(=O)NC[C@H](C)N1CCc2ccccc21. The van der Waals surface area contributed by atoms with Crippen LogP contribution < -0.4 is 9.62 Å². The Morgan fingerprint density at radius 1 is 1.41 bits per heavy atom. The molecule has 122 valence electrons. The first-order valence-electron chi connectivity index (χ1n) is 7.93. The van der Waals surface area contributed by atoms with Gasteiger partial charge in [-0.05, 0) is 38.3 Å². The molecular formula is C16H24N2O3S. The van der Waals surface area contributed by atoms with Gasteiger partial charge in [-0.15, -0.1) is 0 Å². The van der Waals surface area contributed by atoms with Gasteiger partial charge in [-0.1, -0.05) is 18.2 Å². The van der Waals surface area contributed by atoms with Crippen molar-refractivity contribution in [3.8, 4) is 0 Å². The first kappa shape index (κ1) is 15.8. The van der Waals surface area contributed by atoms with Gasteiger partial charge in [0.25, 0.3) is 0 Å². The number of nitrogens with zero attached hydrogens (tertiary/aromatic N) is 1. The molecule has 2 heterocycles. The average molecular weight is 324 g/mol. The largest absolute Gasteiger partial charge is 0.377 e. The van der Waals surface area contributed by atoms with E-state index < -0.39 is 15.3 Å². The summed E-state index contributed by atoms with van der Waals surface area (Å²) < 4.78 is 33.0. The Bertz CT molecular complexity index is 632. The maximum atomic E-state index is 12.4. The van der Waals surface area contributed by atoms with Crippen LogP contribution in [0.5, 0.6) is 0 Å². The maximum Gasteiger partial charge on any atom is 0.217 e. The third kappa shape index (κ3) is 3.00. The number of benzene rings is 1. The van der Waals surface area contributed by atoms with Gasteiger partial charge >= 0.3 is 0 Å². The molecule has 0 aliphatic carbocycles. The second-order valence-electron chi connectivity index (χ2n) is 6.22. The lowest BCUT2D eigenvalue weighted by Gasteiger charge is -2.28. The number of sulfonamides is 1. The Hall–Kier alpha value is -1.11. The molecule has 1 aromatic rings. The lowest BCUT2D eigenvalue weighted by atomic mass is 10.2. The molecule has 3 atom stereocenters. The number of anilines is 1. The van der Waals surface area contributed by atoms with E-state index in [0.29, 0.717) is 19.6 Å². The molecule has 0 amide bonds. The van der Waals surface area contributed by atoms with E-state index in [1.54, 1.807) is 0 Å². The Kier molecular flexibility index (Phi) is 4.43. The molecule has 1 N–H and O–H groups in total. The van der Waals surface area contributed by atoms with Gasteiger partial charge in [0.05, 0.1) is 6.10 Å². The fourth-order valence-corrected chi connectivity index (χ4v) is 5.07. The Labute approximate surface area is 132 Å². The van der Waals surface area contributed by atoms with Crippen LogP contribution in [0.2, 0.25) is 0 Å². The van der Waals surface area contributed by atoms with Crippen LogP contribution in [-0.2, 0) is 21.2 Å². The van der Waals surface area contributed by atoms with Crippen molar-refractivity contribution in [3.05, 3.63) is 29.8 Å². The minimum atomic E-state index is -3.31. The summed E-state index contributed by atoms with van der Waals surface area (Å²) in [5.74, 6) is 0. The van der Waals surface area contributed by atoms with E-state index in [0.717, 1.165) is 13.0 Å². The highest BCUT2D eigenvalue weighted by molar-refractivity contribution is 7.90. The third-order valence-electron chi connectivity index (χ3n) is 4.74. The minimum Gasteiger partial charge on any atom is -0.377 e. The molecule has 2 aliphatic heterocycles. The van der Waals surface area contributed by atoms with E-state index in [2.05, 4.69) is 34.7 Å². The zero-order valence-electron chi connectivity index (χ0n) is 13.2. The van der Waals surface area contributed by atoms with E-state index in [1.807, 2.05) is 13.0 Å². The lowest BCUT2D eigenvalue weighted by molar-refractivity contribution is 0.126. The van der Waals surface area contributed by atoms with Crippen LogP contribution >= 0.6 is 0 Å². The van der Waals surface area contributed by atoms with Crippen molar-refractivity contribution in [1.82, 2.24) is 4.72 Å². The van der Waals surface area contributed by atoms with Gasteiger partial charge in [0.15, 0.2) is 0 Å². The monoisotopic (exact) mass is 324 g/mol. The van der Waals surface area contributed by atoms with Crippen molar-refractivity contribution < 1.29 is 13.2 Å². The van der Waals surface area contributed by atoms with E-state index >= 15 is 0 Å². The predicted molar refractivity (Wildman–Crippen MR) is 87.7 cm³/mol. The minimum absolute atomic E-state index is 0.135. The van der Waals surface area contributed by atoms with Gasteiger partial charge in [0.1, 0.15) is 5.25 Å². The van der Waals surface area contributed by atoms with Crippen molar-refractivity contribution in [1.29, 1.82) is 0 Å². The highest BCUT2D eigenvalue weighted by Crippen LogP contribution is 2.29. The number of ether oxygens (including phenoxy) is 1. The average Bonchev–Trinajstić information content (AvgIpc) is 3.11. The smallest absolute Gasteiger partial charge is 0.217 e. The summed E-state index contributed by atoms with van der Waals surface area (Å²) in [4.78, 5) is 2.28. The molecule has 0 bridgehead atoms. The second kappa shape index (κ2) is 6.18. The number of para-hydroxylation sites is 1. The highest BCUT2D eigenvalue weighted by Gasteiger charge is 2.36. The Morgan fingerprint density at radius 3 is 2.91 bits per heavy atom. The van der Waals surface area contributed by atoms with Crippen molar-refractivity contribution >= 4 is 15.7 Å². The molecule has 22 heavy (non-hydrogen) atoms. The Morgan fingerprint density at radius 2 is 2.18 bits per heavy atom. The van der Waals surface area contributed by atoms with Crippen molar-refractivity contribution in [2.75, 3.05) is 24.6 Å². The Balaban J connectivity index is 1.62. The van der Waals surface area contributed by atoms with Gasteiger partial charge < -0.3 is 9.64 Å². The van der Waals surface area contributed by atoms with Gasteiger partial charge in [-0.25, -0.2) is 13.1 Å². The summed E-state index contributed by atoms with van der Waals surface area (Å²) in [5.41, 5.74) is 2.57. The van der Waals surface area contributed by atoms with Gasteiger partial charge in [0, 0.05) is 31.4 Å². The molecule has 0 radical (unpaired) electrons. The van der Waals surface area contributed by atoms with Gasteiger partial charge in [-0.2, -0.15) is 0 Å². The second-order valence-corrected chi connectivity index (χ2v) is 8.20. The summed E-state index contributed by atoms with van der Waals surface area (Å²) in [6, 6.07) is 8.48. The van der Waals surface area contributed by atoms with E-state index in [1.165, 1.54) is 11.3 Å². The van der Waals surface area contributed by atoms with Crippen LogP contribution in [-0.4, -0.2) is 45.5 Å². The fraction of sp³-hybridized carbons (Fsp3) is 0.625. The molecule has 1 saturated heterocycles. The van der Waals surface area contributed by atoms with E-state index in [9.17, 15) is 8.42 Å². The summed E-state index contributed by atoms with van der Waals surface area (Å²) in [6.45, 7) is 5.81. The van der Waals surface area contributed by atoms with Crippen molar-refractivity contribution in [3.63, 3.8) is 0 Å². The van der Waals surface area contributed by atoms with Crippen LogP contribution in [0.3, 0.4) is 0 Å². The van der Waals surface area contributed by atoms with Gasteiger partial charge in [-0.3, -0.25) is 0 Å². The zero-order valence-corrected chi connectivity index (χ0v) is 14.0. The van der Waals surface area contributed by atoms with Crippen LogP contribution in [0.25, 0.3) is 0 Å². The van der Waals surface area contributed by atoms with Crippen molar-refractivity contribution in [2.45, 2.75) is 44.1 Å². The van der Waals surface area contributed by atoms with Crippen LogP contribution in [0.4, 0.5) is 5.69 Å². The summed E-state index contributed by atoms with van der Waals surface area (Å²) in [7, 11) is -3.31. The van der Waals surface area contributed by atoms with E-state index in [4.69, 9.17) is 4.74 Å². The fourth-order valence-electron chi connectivity index (χ4n) is 3.40. The standard InChI is InChI=1S/C16H24N2O3S/c1-12(18-9-7-14-5-3-4-6-15(14)18)11-17-22(19,20)16-8-10-21-13(16)2/h3-6,12-13,16-17H,7-11H2,1-2H3/t12-,13-,16+/m0/s1. The summed E-state index contributed by atoms with van der Waals surface area (Å²) in [5, 5.41) is -0.425. The quantitative estimate of drug-likeness (QED) is 0.892. The first-order valence-corrected chi connectivity index (χ1v) is 9.48. The molecule has 0 aromatic heterocycles. The number of rotatable bonds is 5. The van der Waals surface area contributed by atoms with Crippen LogP contribution in [0.1, 0.15) is 25.8 Å². The molecule has 5 nitrogen and oxygen atoms in total. The molecule has 1 aromatic carbocycles. The number of nitrogens with one attached hydrogen (secondary N) is 1. The van der Waals surface area contributed by atoms with E-state index in [-0.39, 0.29) is 12.1 Å². The number of fused-ring (bicyclic) bond motifs is 1. The zero-order chi connectivity index (χ0) is 15.7. The molecule has 0 spiro atoms. The number of hydrogen-bond donors (Lipinski definition) is 1. The highest BCUT2D eigenvalue weighted by atomic mass is 32.2. The molecule has 0 unspecified atom stereocenters. The maximum absolute atomic E-state index is 12.4. The number of hydrogen-bond acceptors (Lipinski definition) is 4.